The van der Waals surface area contributed by atoms with Gasteiger partial charge in [-0.05, 0) is 73.2 Å². The fraction of sp³-hybridized carbons (Fsp3) is 0.517. The van der Waals surface area contributed by atoms with Crippen LogP contribution in [-0.2, 0) is 14.3 Å². The fourth-order valence-electron chi connectivity index (χ4n) is 4.20. The summed E-state index contributed by atoms with van der Waals surface area (Å²) in [6.45, 7) is 8.95. The van der Waals surface area contributed by atoms with Crippen LogP contribution >= 0.6 is 0 Å². The van der Waals surface area contributed by atoms with Crippen molar-refractivity contribution in [3.05, 3.63) is 47.5 Å². The number of fused-ring (bicyclic) bond motifs is 1. The molecule has 6 nitrogen and oxygen atoms in total. The van der Waals surface area contributed by atoms with Gasteiger partial charge in [0.25, 0.3) is 0 Å². The SMILES string of the molecule is CC.CC1CCCCN1c1ccc2cc(/C=C(\C#N)C(=O)CCCOCCOCCO)ccc2c1. The van der Waals surface area contributed by atoms with E-state index in [9.17, 15) is 10.1 Å². The van der Waals surface area contributed by atoms with Crippen molar-refractivity contribution in [3.63, 3.8) is 0 Å². The summed E-state index contributed by atoms with van der Waals surface area (Å²) in [6.07, 6.45) is 6.26. The lowest BCUT2D eigenvalue weighted by molar-refractivity contribution is -0.115. The van der Waals surface area contributed by atoms with Gasteiger partial charge in [0.2, 0.25) is 0 Å². The van der Waals surface area contributed by atoms with Crippen LogP contribution in [0, 0.1) is 11.3 Å². The second-order valence-corrected chi connectivity index (χ2v) is 8.47. The molecule has 2 aromatic carbocycles. The molecule has 3 rings (SSSR count). The second-order valence-electron chi connectivity index (χ2n) is 8.47. The molecule has 1 N–H and O–H groups in total. The molecule has 0 aromatic heterocycles. The Bertz CT molecular complexity index is 996. The summed E-state index contributed by atoms with van der Waals surface area (Å²) in [7, 11) is 0. The lowest BCUT2D eigenvalue weighted by Crippen LogP contribution is -2.37. The number of Topliss-reactive ketones (excluding diaryl/α,β-unsaturated/α-hetero) is 1. The third kappa shape index (κ3) is 9.10. The molecule has 1 saturated heterocycles. The molecule has 6 heteroatoms. The van der Waals surface area contributed by atoms with Gasteiger partial charge in [0, 0.05) is 31.3 Å². The van der Waals surface area contributed by atoms with E-state index in [0.717, 1.165) is 22.9 Å². The first-order chi connectivity index (χ1) is 17.1. The summed E-state index contributed by atoms with van der Waals surface area (Å²) in [5.74, 6) is -0.174. The Balaban J connectivity index is 0.00000210. The molecule has 0 aliphatic carbocycles. The number of aliphatic hydroxyl groups excluding tert-OH is 1. The summed E-state index contributed by atoms with van der Waals surface area (Å²) in [6, 6.07) is 15.2. The summed E-state index contributed by atoms with van der Waals surface area (Å²) in [5.41, 5.74) is 2.27. The van der Waals surface area contributed by atoms with Gasteiger partial charge in [0.1, 0.15) is 6.07 Å². The first kappa shape index (κ1) is 28.5. The third-order valence-corrected chi connectivity index (χ3v) is 6.01. The van der Waals surface area contributed by atoms with Crippen molar-refractivity contribution in [2.24, 2.45) is 0 Å². The number of benzene rings is 2. The first-order valence-electron chi connectivity index (χ1n) is 12.8. The van der Waals surface area contributed by atoms with Crippen molar-refractivity contribution >= 4 is 28.3 Å². The van der Waals surface area contributed by atoms with E-state index in [-0.39, 0.29) is 24.4 Å². The van der Waals surface area contributed by atoms with E-state index >= 15 is 0 Å². The van der Waals surface area contributed by atoms with Crippen molar-refractivity contribution in [2.45, 2.75) is 58.9 Å². The van der Waals surface area contributed by atoms with Crippen molar-refractivity contribution in [1.29, 1.82) is 5.26 Å². The Morgan fingerprint density at radius 1 is 1.09 bits per heavy atom. The Kier molecular flexibility index (Phi) is 13.1. The quantitative estimate of drug-likeness (QED) is 0.244. The number of aliphatic hydroxyl groups is 1. The number of carbonyl (C=O) groups is 1. The average molecular weight is 481 g/mol. The number of hydrogen-bond acceptors (Lipinski definition) is 6. The molecule has 0 amide bonds. The molecular weight excluding hydrogens is 440 g/mol. The van der Waals surface area contributed by atoms with E-state index in [1.54, 1.807) is 6.08 Å². The van der Waals surface area contributed by atoms with Gasteiger partial charge >= 0.3 is 0 Å². The maximum atomic E-state index is 12.5. The predicted octanol–water partition coefficient (Wildman–Crippen LogP) is 5.53. The molecule has 0 saturated carbocycles. The molecule has 35 heavy (non-hydrogen) atoms. The van der Waals surface area contributed by atoms with E-state index < -0.39 is 0 Å². The van der Waals surface area contributed by atoms with Crippen LogP contribution in [0.5, 0.6) is 0 Å². The topological polar surface area (TPSA) is 82.8 Å². The first-order valence-corrected chi connectivity index (χ1v) is 12.8. The number of hydrogen-bond donors (Lipinski definition) is 1. The Morgan fingerprint density at radius 3 is 2.51 bits per heavy atom. The standard InChI is InChI=1S/C27H34N2O4.C2H6/c1-21-5-2-3-11-29(21)26-10-9-23-17-22(7-8-24(23)19-26)18-25(20-28)27(31)6-4-13-32-15-16-33-14-12-30;1-2/h7-10,17-19,21,30H,2-6,11-16H2,1H3;1-2H3/b25-18+;. The summed E-state index contributed by atoms with van der Waals surface area (Å²) < 4.78 is 10.5. The zero-order valence-electron chi connectivity index (χ0n) is 21.5. The number of nitriles is 1. The molecule has 1 aliphatic heterocycles. The van der Waals surface area contributed by atoms with E-state index in [2.05, 4.69) is 42.2 Å². The highest BCUT2D eigenvalue weighted by atomic mass is 16.5. The molecule has 1 unspecified atom stereocenters. The van der Waals surface area contributed by atoms with Crippen molar-refractivity contribution in [2.75, 3.05) is 44.5 Å². The number of piperidine rings is 1. The van der Waals surface area contributed by atoms with Gasteiger partial charge in [0.05, 0.1) is 32.0 Å². The average Bonchev–Trinajstić information content (AvgIpc) is 2.89. The molecule has 0 radical (unpaired) electrons. The monoisotopic (exact) mass is 480 g/mol. The maximum absolute atomic E-state index is 12.5. The second kappa shape index (κ2) is 16.0. The van der Waals surface area contributed by atoms with Crippen molar-refractivity contribution in [1.82, 2.24) is 0 Å². The predicted molar refractivity (Wildman–Crippen MR) is 143 cm³/mol. The summed E-state index contributed by atoms with van der Waals surface area (Å²) in [4.78, 5) is 14.9. The van der Waals surface area contributed by atoms with E-state index in [4.69, 9.17) is 14.6 Å². The van der Waals surface area contributed by atoms with Gasteiger partial charge in [-0.2, -0.15) is 5.26 Å². The van der Waals surface area contributed by atoms with E-state index in [1.807, 2.05) is 26.0 Å². The Hall–Kier alpha value is -2.72. The smallest absolute Gasteiger partial charge is 0.173 e. The molecule has 0 spiro atoms. The Labute approximate surface area is 210 Å². The van der Waals surface area contributed by atoms with Gasteiger partial charge in [-0.3, -0.25) is 4.79 Å². The number of anilines is 1. The van der Waals surface area contributed by atoms with E-state index in [1.165, 1.54) is 24.9 Å². The minimum absolute atomic E-state index is 0.00605. The molecule has 1 atom stereocenters. The largest absolute Gasteiger partial charge is 0.394 e. The van der Waals surface area contributed by atoms with Crippen LogP contribution in [0.3, 0.4) is 0 Å². The van der Waals surface area contributed by atoms with Gasteiger partial charge in [0.15, 0.2) is 5.78 Å². The van der Waals surface area contributed by atoms with Crippen LogP contribution in [-0.4, -0.2) is 56.5 Å². The lowest BCUT2D eigenvalue weighted by Gasteiger charge is -2.35. The third-order valence-electron chi connectivity index (χ3n) is 6.01. The van der Waals surface area contributed by atoms with Crippen LogP contribution in [0.1, 0.15) is 58.4 Å². The minimum Gasteiger partial charge on any atom is -0.394 e. The molecule has 190 valence electrons. The molecule has 2 aromatic rings. The van der Waals surface area contributed by atoms with Crippen LogP contribution in [0.4, 0.5) is 5.69 Å². The van der Waals surface area contributed by atoms with Gasteiger partial charge in [-0.1, -0.05) is 32.0 Å². The molecule has 1 aliphatic rings. The highest BCUT2D eigenvalue weighted by Crippen LogP contribution is 2.28. The number of allylic oxidation sites excluding steroid dienone is 1. The molecular formula is C29H40N2O4. The summed E-state index contributed by atoms with van der Waals surface area (Å²) in [5, 5.41) is 20.4. The fourth-order valence-corrected chi connectivity index (χ4v) is 4.20. The molecule has 1 fully saturated rings. The highest BCUT2D eigenvalue weighted by molar-refractivity contribution is 6.03. The number of ketones is 1. The molecule has 0 bridgehead atoms. The zero-order chi connectivity index (χ0) is 25.5. The van der Waals surface area contributed by atoms with Crippen molar-refractivity contribution < 1.29 is 19.4 Å². The number of rotatable bonds is 12. The normalized spacial score (nSPS) is 15.9. The van der Waals surface area contributed by atoms with Crippen LogP contribution in [0.15, 0.2) is 42.0 Å². The van der Waals surface area contributed by atoms with Crippen LogP contribution in [0.25, 0.3) is 16.8 Å². The Morgan fingerprint density at radius 2 is 1.80 bits per heavy atom. The highest BCUT2D eigenvalue weighted by Gasteiger charge is 2.18. The van der Waals surface area contributed by atoms with Gasteiger partial charge < -0.3 is 19.5 Å². The minimum atomic E-state index is -0.174. The van der Waals surface area contributed by atoms with Crippen LogP contribution < -0.4 is 4.90 Å². The van der Waals surface area contributed by atoms with Gasteiger partial charge in [-0.15, -0.1) is 0 Å². The van der Waals surface area contributed by atoms with Crippen LogP contribution in [0.2, 0.25) is 0 Å². The summed E-state index contributed by atoms with van der Waals surface area (Å²) >= 11 is 0. The van der Waals surface area contributed by atoms with E-state index in [0.29, 0.717) is 38.9 Å². The maximum Gasteiger partial charge on any atom is 0.173 e. The number of ether oxygens (including phenoxy) is 2. The van der Waals surface area contributed by atoms with Gasteiger partial charge in [-0.25, -0.2) is 0 Å². The van der Waals surface area contributed by atoms with Crippen molar-refractivity contribution in [3.8, 4) is 6.07 Å². The number of carbonyl (C=O) groups excluding carboxylic acids is 1. The zero-order valence-corrected chi connectivity index (χ0v) is 21.5. The lowest BCUT2D eigenvalue weighted by atomic mass is 10.00. The number of nitrogens with zero attached hydrogens (tertiary/aromatic N) is 2. The molecule has 1 heterocycles.